The molecule has 21 heavy (non-hydrogen) atoms. The summed E-state index contributed by atoms with van der Waals surface area (Å²) in [6.07, 6.45) is 6.21. The molecule has 1 saturated heterocycles. The third-order valence-electron chi connectivity index (χ3n) is 4.77. The maximum atomic E-state index is 11.6. The lowest BCUT2D eigenvalue weighted by Crippen LogP contribution is -2.55. The molecule has 0 radical (unpaired) electrons. The van der Waals surface area contributed by atoms with Crippen LogP contribution in [-0.2, 0) is 4.79 Å². The van der Waals surface area contributed by atoms with E-state index in [9.17, 15) is 9.90 Å². The van der Waals surface area contributed by atoms with Gasteiger partial charge in [-0.3, -0.25) is 0 Å². The highest BCUT2D eigenvalue weighted by Gasteiger charge is 2.42. The molecule has 2 fully saturated rings. The first-order valence-electron chi connectivity index (χ1n) is 7.59. The van der Waals surface area contributed by atoms with Gasteiger partial charge in [0.25, 0.3) is 0 Å². The number of nitriles is 1. The summed E-state index contributed by atoms with van der Waals surface area (Å²) in [6, 6.07) is 7.03. The van der Waals surface area contributed by atoms with Crippen LogP contribution in [0, 0.1) is 17.2 Å². The Morgan fingerprint density at radius 1 is 1.29 bits per heavy atom. The first-order chi connectivity index (χ1) is 10.2. The SMILES string of the molecule is N#Cc1cccc(N2C(C(=O)O)CCC3CCCCC32)n1. The normalized spacial score (nSPS) is 28.5. The number of piperidine rings is 1. The van der Waals surface area contributed by atoms with Crippen LogP contribution in [0.3, 0.4) is 0 Å². The standard InChI is InChI=1S/C16H19N3O2/c17-10-12-5-3-7-15(18-12)19-13-6-2-1-4-11(13)8-9-14(19)16(20)21/h3,5,7,11,13-14H,1-2,4,6,8-9H2,(H,20,21). The molecule has 0 bridgehead atoms. The summed E-state index contributed by atoms with van der Waals surface area (Å²) in [7, 11) is 0. The Bertz CT molecular complexity index is 581. The topological polar surface area (TPSA) is 77.2 Å². The average molecular weight is 285 g/mol. The van der Waals surface area contributed by atoms with Crippen molar-refractivity contribution in [2.75, 3.05) is 4.90 Å². The lowest BCUT2D eigenvalue weighted by molar-refractivity contribution is -0.139. The lowest BCUT2D eigenvalue weighted by Gasteiger charge is -2.47. The Morgan fingerprint density at radius 2 is 2.10 bits per heavy atom. The molecule has 2 aliphatic rings. The number of fused-ring (bicyclic) bond motifs is 1. The van der Waals surface area contributed by atoms with E-state index in [1.807, 2.05) is 17.0 Å². The van der Waals surface area contributed by atoms with E-state index in [0.29, 0.717) is 23.9 Å². The van der Waals surface area contributed by atoms with Gasteiger partial charge in [0.2, 0.25) is 0 Å². The lowest BCUT2D eigenvalue weighted by atomic mass is 9.76. The molecule has 3 unspecified atom stereocenters. The minimum atomic E-state index is -0.789. The molecule has 1 aliphatic carbocycles. The summed E-state index contributed by atoms with van der Waals surface area (Å²) in [5, 5.41) is 18.6. The summed E-state index contributed by atoms with van der Waals surface area (Å²) in [5.41, 5.74) is 0.342. The maximum absolute atomic E-state index is 11.6. The Kier molecular flexibility index (Phi) is 3.78. The monoisotopic (exact) mass is 285 g/mol. The fourth-order valence-electron chi connectivity index (χ4n) is 3.83. The number of rotatable bonds is 2. The predicted octanol–water partition coefficient (Wildman–Crippen LogP) is 2.57. The van der Waals surface area contributed by atoms with Gasteiger partial charge in [0, 0.05) is 6.04 Å². The van der Waals surface area contributed by atoms with Gasteiger partial charge >= 0.3 is 5.97 Å². The molecule has 2 heterocycles. The van der Waals surface area contributed by atoms with Crippen molar-refractivity contribution in [1.82, 2.24) is 4.98 Å². The highest BCUT2D eigenvalue weighted by molar-refractivity contribution is 5.78. The number of carboxylic acids is 1. The van der Waals surface area contributed by atoms with Crippen LogP contribution in [-0.4, -0.2) is 28.1 Å². The second kappa shape index (κ2) is 5.72. The summed E-state index contributed by atoms with van der Waals surface area (Å²) < 4.78 is 0. The van der Waals surface area contributed by atoms with Crippen LogP contribution < -0.4 is 4.90 Å². The number of carbonyl (C=O) groups is 1. The largest absolute Gasteiger partial charge is 0.480 e. The quantitative estimate of drug-likeness (QED) is 0.903. The minimum Gasteiger partial charge on any atom is -0.480 e. The molecular weight excluding hydrogens is 266 g/mol. The molecular formula is C16H19N3O2. The van der Waals surface area contributed by atoms with E-state index in [1.165, 1.54) is 12.8 Å². The van der Waals surface area contributed by atoms with Gasteiger partial charge in [-0.1, -0.05) is 18.9 Å². The molecule has 1 aliphatic heterocycles. The van der Waals surface area contributed by atoms with Gasteiger partial charge in [-0.25, -0.2) is 9.78 Å². The fourth-order valence-corrected chi connectivity index (χ4v) is 3.83. The first kappa shape index (κ1) is 13.9. The van der Waals surface area contributed by atoms with Crippen LogP contribution in [0.25, 0.3) is 0 Å². The van der Waals surface area contributed by atoms with Gasteiger partial charge < -0.3 is 10.0 Å². The molecule has 3 rings (SSSR count). The smallest absolute Gasteiger partial charge is 0.326 e. The van der Waals surface area contributed by atoms with Gasteiger partial charge in [0.05, 0.1) is 0 Å². The van der Waals surface area contributed by atoms with Crippen LogP contribution in [0.15, 0.2) is 18.2 Å². The van der Waals surface area contributed by atoms with E-state index in [4.69, 9.17) is 5.26 Å². The van der Waals surface area contributed by atoms with Crippen molar-refractivity contribution in [1.29, 1.82) is 5.26 Å². The number of anilines is 1. The van der Waals surface area contributed by atoms with Crippen LogP contribution in [0.1, 0.15) is 44.2 Å². The van der Waals surface area contributed by atoms with Gasteiger partial charge in [-0.05, 0) is 43.7 Å². The highest BCUT2D eigenvalue weighted by Crippen LogP contribution is 2.39. The second-order valence-corrected chi connectivity index (χ2v) is 5.94. The van der Waals surface area contributed by atoms with Gasteiger partial charge in [-0.2, -0.15) is 5.26 Å². The summed E-state index contributed by atoms with van der Waals surface area (Å²) in [6.45, 7) is 0. The van der Waals surface area contributed by atoms with Crippen molar-refractivity contribution in [2.45, 2.75) is 50.6 Å². The van der Waals surface area contributed by atoms with Crippen LogP contribution in [0.5, 0.6) is 0 Å². The predicted molar refractivity (Wildman–Crippen MR) is 77.8 cm³/mol. The first-order valence-corrected chi connectivity index (χ1v) is 7.59. The fraction of sp³-hybridized carbons (Fsp3) is 0.562. The van der Waals surface area contributed by atoms with Crippen molar-refractivity contribution in [3.8, 4) is 6.07 Å². The van der Waals surface area contributed by atoms with Crippen LogP contribution >= 0.6 is 0 Å². The number of aromatic nitrogens is 1. The third kappa shape index (κ3) is 2.58. The van der Waals surface area contributed by atoms with Gasteiger partial charge in [0.15, 0.2) is 0 Å². The molecule has 1 N–H and O–H groups in total. The zero-order valence-electron chi connectivity index (χ0n) is 11.9. The molecule has 1 saturated carbocycles. The average Bonchev–Trinajstić information content (AvgIpc) is 2.53. The zero-order chi connectivity index (χ0) is 14.8. The van der Waals surface area contributed by atoms with E-state index in [1.54, 1.807) is 12.1 Å². The summed E-state index contributed by atoms with van der Waals surface area (Å²) in [4.78, 5) is 17.9. The molecule has 5 heteroatoms. The molecule has 0 amide bonds. The van der Waals surface area contributed by atoms with E-state index < -0.39 is 12.0 Å². The van der Waals surface area contributed by atoms with Crippen molar-refractivity contribution in [3.63, 3.8) is 0 Å². The summed E-state index contributed by atoms with van der Waals surface area (Å²) in [5.74, 6) is 0.406. The Labute approximate surface area is 124 Å². The molecule has 1 aromatic heterocycles. The summed E-state index contributed by atoms with van der Waals surface area (Å²) >= 11 is 0. The van der Waals surface area contributed by atoms with E-state index >= 15 is 0 Å². The van der Waals surface area contributed by atoms with Crippen LogP contribution in [0.4, 0.5) is 5.82 Å². The molecule has 0 aromatic carbocycles. The Balaban J connectivity index is 1.99. The number of pyridine rings is 1. The molecule has 5 nitrogen and oxygen atoms in total. The van der Waals surface area contributed by atoms with Crippen molar-refractivity contribution in [2.24, 2.45) is 5.92 Å². The van der Waals surface area contributed by atoms with Gasteiger partial charge in [-0.15, -0.1) is 0 Å². The highest BCUT2D eigenvalue weighted by atomic mass is 16.4. The van der Waals surface area contributed by atoms with E-state index in [-0.39, 0.29) is 6.04 Å². The number of carboxylic acid groups (broad SMARTS) is 1. The Morgan fingerprint density at radius 3 is 2.86 bits per heavy atom. The zero-order valence-corrected chi connectivity index (χ0v) is 11.9. The van der Waals surface area contributed by atoms with Crippen molar-refractivity contribution >= 4 is 11.8 Å². The van der Waals surface area contributed by atoms with Crippen LogP contribution in [0.2, 0.25) is 0 Å². The minimum absolute atomic E-state index is 0.245. The van der Waals surface area contributed by atoms with Crippen molar-refractivity contribution < 1.29 is 9.90 Å². The van der Waals surface area contributed by atoms with Gasteiger partial charge in [0.1, 0.15) is 23.6 Å². The second-order valence-electron chi connectivity index (χ2n) is 5.94. The molecule has 3 atom stereocenters. The number of aliphatic carboxylic acids is 1. The third-order valence-corrected chi connectivity index (χ3v) is 4.77. The number of hydrogen-bond donors (Lipinski definition) is 1. The molecule has 1 aromatic rings. The number of hydrogen-bond acceptors (Lipinski definition) is 4. The maximum Gasteiger partial charge on any atom is 0.326 e. The number of nitrogens with zero attached hydrogens (tertiary/aromatic N) is 3. The molecule has 0 spiro atoms. The molecule has 110 valence electrons. The van der Waals surface area contributed by atoms with Crippen molar-refractivity contribution in [3.05, 3.63) is 23.9 Å². The van der Waals surface area contributed by atoms with E-state index in [2.05, 4.69) is 4.98 Å². The van der Waals surface area contributed by atoms with E-state index in [0.717, 1.165) is 19.3 Å². The Hall–Kier alpha value is -2.09.